The highest BCUT2D eigenvalue weighted by atomic mass is 19.4. The first kappa shape index (κ1) is 31.6. The minimum Gasteiger partial charge on any atom is -0.405 e. The van der Waals surface area contributed by atoms with E-state index >= 15 is 0 Å². The van der Waals surface area contributed by atoms with Crippen LogP contribution >= 0.6 is 0 Å². The number of likely N-dealkylation sites (tertiary alicyclic amines) is 1. The molecule has 2 aliphatic rings. The standard InChI is InChI=1S/C34H39F4N3O3/c1-5-23-6-9-30(29(35)18-23)40-14-10-24(11-15-40)25-12-16-41(17-13-25)33(43)27-8-7-26(19-31(27)44-34(36,37)38)28-20-39(4)32(42)22(3)21(28)2/h6-9,18-20,24-25H,5,10-17H2,1-4H3. The van der Waals surface area contributed by atoms with Crippen LogP contribution in [0, 0.1) is 31.5 Å². The Balaban J connectivity index is 1.26. The van der Waals surface area contributed by atoms with Crippen LogP contribution in [-0.4, -0.2) is 47.9 Å². The lowest BCUT2D eigenvalue weighted by Gasteiger charge is -2.41. The van der Waals surface area contributed by atoms with Gasteiger partial charge in [-0.05, 0) is 98.7 Å². The number of hydrogen-bond donors (Lipinski definition) is 0. The number of pyridine rings is 1. The Morgan fingerprint density at radius 2 is 1.57 bits per heavy atom. The van der Waals surface area contributed by atoms with Crippen molar-refractivity contribution in [1.29, 1.82) is 0 Å². The predicted octanol–water partition coefficient (Wildman–Crippen LogP) is 7.04. The molecule has 2 saturated heterocycles. The summed E-state index contributed by atoms with van der Waals surface area (Å²) >= 11 is 0. The number of amides is 1. The summed E-state index contributed by atoms with van der Waals surface area (Å²) in [7, 11) is 1.58. The van der Waals surface area contributed by atoms with E-state index in [0.717, 1.165) is 50.8 Å². The summed E-state index contributed by atoms with van der Waals surface area (Å²) < 4.78 is 60.8. The van der Waals surface area contributed by atoms with Crippen LogP contribution in [0.2, 0.25) is 0 Å². The van der Waals surface area contributed by atoms with Gasteiger partial charge in [-0.2, -0.15) is 0 Å². The van der Waals surface area contributed by atoms with Crippen LogP contribution in [0.15, 0.2) is 47.4 Å². The van der Waals surface area contributed by atoms with Gasteiger partial charge in [0, 0.05) is 50.6 Å². The lowest BCUT2D eigenvalue weighted by Crippen LogP contribution is -2.43. The molecule has 2 aromatic carbocycles. The Hall–Kier alpha value is -3.82. The summed E-state index contributed by atoms with van der Waals surface area (Å²) in [4.78, 5) is 29.5. The van der Waals surface area contributed by atoms with Gasteiger partial charge in [-0.3, -0.25) is 9.59 Å². The summed E-state index contributed by atoms with van der Waals surface area (Å²) in [6, 6.07) is 9.66. The number of aryl methyl sites for hydroxylation is 2. The van der Waals surface area contributed by atoms with Crippen molar-refractivity contribution in [1.82, 2.24) is 9.47 Å². The molecule has 1 aromatic heterocycles. The second-order valence-electron chi connectivity index (χ2n) is 12.1. The van der Waals surface area contributed by atoms with Crippen molar-refractivity contribution in [3.63, 3.8) is 0 Å². The van der Waals surface area contributed by atoms with Gasteiger partial charge < -0.3 is 19.1 Å². The summed E-state index contributed by atoms with van der Waals surface area (Å²) in [5, 5.41) is 0. The zero-order chi connectivity index (χ0) is 31.8. The van der Waals surface area contributed by atoms with E-state index in [9.17, 15) is 27.2 Å². The van der Waals surface area contributed by atoms with Gasteiger partial charge in [0.05, 0.1) is 11.3 Å². The second kappa shape index (κ2) is 12.7. The SMILES string of the molecule is CCc1ccc(N2CCC(C3CCN(C(=O)c4ccc(-c5cn(C)c(=O)c(C)c5C)cc4OC(F)(F)F)CC3)CC2)c(F)c1. The fourth-order valence-corrected chi connectivity index (χ4v) is 6.73. The highest BCUT2D eigenvalue weighted by Gasteiger charge is 2.36. The van der Waals surface area contributed by atoms with Gasteiger partial charge in [0.2, 0.25) is 0 Å². The second-order valence-corrected chi connectivity index (χ2v) is 12.1. The van der Waals surface area contributed by atoms with Crippen molar-refractivity contribution in [2.75, 3.05) is 31.1 Å². The molecule has 0 saturated carbocycles. The van der Waals surface area contributed by atoms with E-state index in [0.29, 0.717) is 52.9 Å². The van der Waals surface area contributed by atoms with Crippen molar-refractivity contribution in [3.05, 3.63) is 81.0 Å². The highest BCUT2D eigenvalue weighted by Crippen LogP contribution is 2.37. The van der Waals surface area contributed by atoms with Crippen molar-refractivity contribution in [2.24, 2.45) is 18.9 Å². The Morgan fingerprint density at radius 1 is 0.932 bits per heavy atom. The Bertz CT molecular complexity index is 1580. The first-order chi connectivity index (χ1) is 20.9. The molecular formula is C34H39F4N3O3. The molecule has 6 nitrogen and oxygen atoms in total. The Morgan fingerprint density at radius 3 is 2.16 bits per heavy atom. The van der Waals surface area contributed by atoms with E-state index in [1.54, 1.807) is 44.1 Å². The molecule has 0 atom stereocenters. The van der Waals surface area contributed by atoms with Crippen LogP contribution in [0.1, 0.15) is 59.7 Å². The fourth-order valence-electron chi connectivity index (χ4n) is 6.73. The minimum absolute atomic E-state index is 0.145. The topological polar surface area (TPSA) is 54.8 Å². The number of carbonyl (C=O) groups is 1. The normalized spacial score (nSPS) is 16.8. The van der Waals surface area contributed by atoms with E-state index in [1.807, 2.05) is 19.1 Å². The third-order valence-corrected chi connectivity index (χ3v) is 9.47. The first-order valence-electron chi connectivity index (χ1n) is 15.3. The fraction of sp³-hybridized carbons (Fsp3) is 0.471. The van der Waals surface area contributed by atoms with E-state index in [4.69, 9.17) is 0 Å². The molecule has 3 heterocycles. The maximum atomic E-state index is 14.7. The van der Waals surface area contributed by atoms with Gasteiger partial charge in [-0.1, -0.05) is 19.1 Å². The Kier molecular flexibility index (Phi) is 9.09. The number of nitrogens with zero attached hydrogens (tertiary/aromatic N) is 3. The van der Waals surface area contributed by atoms with Crippen molar-refractivity contribution >= 4 is 11.6 Å². The maximum Gasteiger partial charge on any atom is 0.573 e. The van der Waals surface area contributed by atoms with Crippen LogP contribution in [0.25, 0.3) is 11.1 Å². The number of carbonyl (C=O) groups excluding carboxylic acids is 1. The molecule has 1 amide bonds. The van der Waals surface area contributed by atoms with Crippen LogP contribution < -0.4 is 15.2 Å². The number of piperidine rings is 2. The van der Waals surface area contributed by atoms with Crippen molar-refractivity contribution in [3.8, 4) is 16.9 Å². The molecule has 10 heteroatoms. The van der Waals surface area contributed by atoms with Gasteiger partial charge in [0.1, 0.15) is 11.6 Å². The number of anilines is 1. The lowest BCUT2D eigenvalue weighted by molar-refractivity contribution is -0.274. The molecule has 5 rings (SSSR count). The van der Waals surface area contributed by atoms with Gasteiger partial charge in [0.25, 0.3) is 11.5 Å². The summed E-state index contributed by atoms with van der Waals surface area (Å²) in [5.74, 6) is -0.379. The molecule has 2 fully saturated rings. The third kappa shape index (κ3) is 6.64. The first-order valence-corrected chi connectivity index (χ1v) is 15.3. The van der Waals surface area contributed by atoms with Crippen LogP contribution in [0.5, 0.6) is 5.75 Å². The average molecular weight is 614 g/mol. The number of hydrogen-bond acceptors (Lipinski definition) is 4. The number of rotatable bonds is 6. The summed E-state index contributed by atoms with van der Waals surface area (Å²) in [6.45, 7) is 7.85. The Labute approximate surface area is 255 Å². The number of halogens is 4. The molecule has 44 heavy (non-hydrogen) atoms. The largest absolute Gasteiger partial charge is 0.573 e. The van der Waals surface area contributed by atoms with Gasteiger partial charge in [-0.15, -0.1) is 13.2 Å². The monoisotopic (exact) mass is 613 g/mol. The van der Waals surface area contributed by atoms with E-state index in [2.05, 4.69) is 9.64 Å². The predicted molar refractivity (Wildman–Crippen MR) is 163 cm³/mol. The number of aromatic nitrogens is 1. The molecule has 0 radical (unpaired) electrons. The number of ether oxygens (including phenoxy) is 1. The lowest BCUT2D eigenvalue weighted by atomic mass is 9.78. The minimum atomic E-state index is -4.98. The molecule has 0 unspecified atom stereocenters. The van der Waals surface area contributed by atoms with E-state index < -0.39 is 18.0 Å². The molecule has 236 valence electrons. The summed E-state index contributed by atoms with van der Waals surface area (Å²) in [5.41, 5.74) is 3.44. The molecular weight excluding hydrogens is 574 g/mol. The van der Waals surface area contributed by atoms with Crippen molar-refractivity contribution in [2.45, 2.75) is 59.2 Å². The number of benzene rings is 2. The molecule has 0 spiro atoms. The maximum absolute atomic E-state index is 14.7. The molecule has 3 aromatic rings. The van der Waals surface area contributed by atoms with E-state index in [-0.39, 0.29) is 16.9 Å². The third-order valence-electron chi connectivity index (χ3n) is 9.47. The van der Waals surface area contributed by atoms with Crippen molar-refractivity contribution < 1.29 is 27.1 Å². The quantitative estimate of drug-likeness (QED) is 0.280. The van der Waals surface area contributed by atoms with E-state index in [1.165, 1.54) is 16.7 Å². The van der Waals surface area contributed by atoms with Gasteiger partial charge >= 0.3 is 6.36 Å². The zero-order valence-corrected chi connectivity index (χ0v) is 25.6. The highest BCUT2D eigenvalue weighted by molar-refractivity contribution is 5.97. The smallest absolute Gasteiger partial charge is 0.405 e. The summed E-state index contributed by atoms with van der Waals surface area (Å²) in [6.07, 6.45) is 0.779. The van der Waals surface area contributed by atoms with Crippen LogP contribution in [0.4, 0.5) is 23.2 Å². The molecule has 2 aliphatic heterocycles. The molecule has 0 aliphatic carbocycles. The molecule has 0 N–H and O–H groups in total. The zero-order valence-electron chi connectivity index (χ0n) is 25.6. The van der Waals surface area contributed by atoms with Gasteiger partial charge in [-0.25, -0.2) is 4.39 Å². The molecule has 0 bridgehead atoms. The van der Waals surface area contributed by atoms with Crippen LogP contribution in [0.3, 0.4) is 0 Å². The van der Waals surface area contributed by atoms with Crippen LogP contribution in [-0.2, 0) is 13.5 Å². The average Bonchev–Trinajstić information content (AvgIpc) is 3.01. The number of alkyl halides is 3. The van der Waals surface area contributed by atoms with Gasteiger partial charge in [0.15, 0.2) is 0 Å².